The van der Waals surface area contributed by atoms with Crippen LogP contribution in [0.1, 0.15) is 18.4 Å². The molecule has 5 rings (SSSR count). The van der Waals surface area contributed by atoms with Gasteiger partial charge < -0.3 is 4.90 Å². The molecule has 2 nitrogen and oxygen atoms in total. The molecule has 150 valence electrons. The highest BCUT2D eigenvalue weighted by molar-refractivity contribution is 7.18. The van der Waals surface area contributed by atoms with Crippen LogP contribution in [0.4, 0.5) is 10.1 Å². The maximum absolute atomic E-state index is 14.1. The van der Waals surface area contributed by atoms with E-state index in [1.165, 1.54) is 27.8 Å². The Labute approximate surface area is 179 Å². The topological polar surface area (TPSA) is 6.48 Å². The second-order valence-electron chi connectivity index (χ2n) is 7.78. The van der Waals surface area contributed by atoms with Gasteiger partial charge >= 0.3 is 0 Å². The molecule has 0 N–H and O–H groups in total. The molecular weight excluding hydrogens is 399 g/mol. The van der Waals surface area contributed by atoms with Crippen molar-refractivity contribution < 1.29 is 4.39 Å². The van der Waals surface area contributed by atoms with Gasteiger partial charge in [-0.1, -0.05) is 18.2 Å². The monoisotopic (exact) mass is 424 g/mol. The minimum atomic E-state index is -0.0735. The second-order valence-corrected chi connectivity index (χ2v) is 9.60. The number of hydrogen-bond acceptors (Lipinski definition) is 4. The lowest BCUT2D eigenvalue weighted by atomic mass is 10.1. The molecule has 0 atom stereocenters. The minimum absolute atomic E-state index is 0.0735. The molecule has 1 aliphatic heterocycles. The number of piperazine rings is 1. The van der Waals surface area contributed by atoms with E-state index in [4.69, 9.17) is 0 Å². The third-order valence-electron chi connectivity index (χ3n) is 5.97. The van der Waals surface area contributed by atoms with Crippen LogP contribution in [-0.2, 0) is 6.42 Å². The Morgan fingerprint density at radius 2 is 1.76 bits per heavy atom. The minimum Gasteiger partial charge on any atom is -0.368 e. The van der Waals surface area contributed by atoms with Crippen LogP contribution in [0.25, 0.3) is 20.2 Å². The largest absolute Gasteiger partial charge is 0.368 e. The normalized spacial score (nSPS) is 15.6. The van der Waals surface area contributed by atoms with Crippen molar-refractivity contribution >= 4 is 48.5 Å². The number of halogens is 1. The Kier molecular flexibility index (Phi) is 5.53. The molecule has 2 aromatic heterocycles. The lowest BCUT2D eigenvalue weighted by Crippen LogP contribution is -2.46. The lowest BCUT2D eigenvalue weighted by Gasteiger charge is -2.36. The van der Waals surface area contributed by atoms with Gasteiger partial charge in [-0.15, -0.1) is 22.7 Å². The van der Waals surface area contributed by atoms with Crippen LogP contribution in [0.2, 0.25) is 0 Å². The van der Waals surface area contributed by atoms with Crippen LogP contribution in [0.3, 0.4) is 0 Å². The van der Waals surface area contributed by atoms with Crippen molar-refractivity contribution in [3.63, 3.8) is 0 Å². The van der Waals surface area contributed by atoms with Crippen LogP contribution in [-0.4, -0.2) is 37.6 Å². The summed E-state index contributed by atoms with van der Waals surface area (Å²) < 4.78 is 16.6. The van der Waals surface area contributed by atoms with Gasteiger partial charge in [0.25, 0.3) is 0 Å². The number of unbranched alkanes of at least 4 members (excludes halogenated alkanes) is 1. The first-order chi connectivity index (χ1) is 14.3. The molecule has 0 aliphatic carbocycles. The first-order valence-corrected chi connectivity index (χ1v) is 12.1. The summed E-state index contributed by atoms with van der Waals surface area (Å²) in [7, 11) is 0. The van der Waals surface area contributed by atoms with E-state index in [1.807, 2.05) is 17.4 Å². The molecule has 0 amide bonds. The summed E-state index contributed by atoms with van der Waals surface area (Å²) >= 11 is 3.50. The second kappa shape index (κ2) is 8.42. The highest BCUT2D eigenvalue weighted by Crippen LogP contribution is 2.32. The number of nitrogens with zero attached hydrogens (tertiary/aromatic N) is 2. The maximum Gasteiger partial charge on any atom is 0.132 e. The van der Waals surface area contributed by atoms with E-state index in [0.717, 1.165) is 55.7 Å². The van der Waals surface area contributed by atoms with Gasteiger partial charge in [0.05, 0.1) is 10.4 Å². The van der Waals surface area contributed by atoms with E-state index in [1.54, 1.807) is 23.5 Å². The van der Waals surface area contributed by atoms with Crippen molar-refractivity contribution in [2.24, 2.45) is 0 Å². The van der Waals surface area contributed by atoms with Gasteiger partial charge in [-0.05, 0) is 71.8 Å². The molecule has 29 heavy (non-hydrogen) atoms. The van der Waals surface area contributed by atoms with Crippen molar-refractivity contribution in [2.75, 3.05) is 37.6 Å². The van der Waals surface area contributed by atoms with E-state index in [0.29, 0.717) is 0 Å². The van der Waals surface area contributed by atoms with E-state index >= 15 is 0 Å². The fourth-order valence-corrected chi connectivity index (χ4v) is 6.33. The van der Waals surface area contributed by atoms with Crippen LogP contribution in [0.5, 0.6) is 0 Å². The van der Waals surface area contributed by atoms with Crippen molar-refractivity contribution in [1.82, 2.24) is 4.90 Å². The molecule has 2 aromatic carbocycles. The molecule has 1 fully saturated rings. The van der Waals surface area contributed by atoms with Crippen LogP contribution in [0, 0.1) is 5.82 Å². The van der Waals surface area contributed by atoms with E-state index in [2.05, 4.69) is 44.8 Å². The van der Waals surface area contributed by atoms with Gasteiger partial charge in [0.1, 0.15) is 5.82 Å². The summed E-state index contributed by atoms with van der Waals surface area (Å²) in [6.45, 7) is 5.58. The average Bonchev–Trinajstić information content (AvgIpc) is 3.39. The Morgan fingerprint density at radius 3 is 2.66 bits per heavy atom. The number of hydrogen-bond donors (Lipinski definition) is 0. The molecule has 3 heterocycles. The number of fused-ring (bicyclic) bond motifs is 2. The number of thiophene rings is 2. The molecular formula is C24H25FN2S2. The van der Waals surface area contributed by atoms with Gasteiger partial charge in [-0.3, -0.25) is 4.90 Å². The quantitative estimate of drug-likeness (QED) is 0.330. The first-order valence-electron chi connectivity index (χ1n) is 10.4. The predicted octanol–water partition coefficient (Wildman–Crippen LogP) is 6.40. The van der Waals surface area contributed by atoms with E-state index < -0.39 is 0 Å². The fourth-order valence-electron chi connectivity index (χ4n) is 4.38. The number of aryl methyl sites for hydroxylation is 1. The molecule has 0 radical (unpaired) electrons. The van der Waals surface area contributed by atoms with Crippen LogP contribution < -0.4 is 4.90 Å². The molecule has 1 saturated heterocycles. The highest BCUT2D eigenvalue weighted by atomic mass is 32.1. The maximum atomic E-state index is 14.1. The average molecular weight is 425 g/mol. The zero-order valence-corrected chi connectivity index (χ0v) is 18.1. The predicted molar refractivity (Wildman–Crippen MR) is 125 cm³/mol. The summed E-state index contributed by atoms with van der Waals surface area (Å²) in [5.41, 5.74) is 2.57. The fraction of sp³-hybridized carbons (Fsp3) is 0.333. The van der Waals surface area contributed by atoms with Crippen molar-refractivity contribution in [2.45, 2.75) is 19.3 Å². The lowest BCUT2D eigenvalue weighted by molar-refractivity contribution is 0.253. The molecule has 1 aliphatic rings. The van der Waals surface area contributed by atoms with E-state index in [9.17, 15) is 4.39 Å². The zero-order chi connectivity index (χ0) is 19.6. The Morgan fingerprint density at radius 1 is 0.897 bits per heavy atom. The van der Waals surface area contributed by atoms with Crippen molar-refractivity contribution in [1.29, 1.82) is 0 Å². The molecule has 0 spiro atoms. The summed E-state index contributed by atoms with van der Waals surface area (Å²) in [6.07, 6.45) is 3.27. The highest BCUT2D eigenvalue weighted by Gasteiger charge is 2.18. The zero-order valence-electron chi connectivity index (χ0n) is 16.4. The SMILES string of the molecule is Fc1cccc2scc(CCCCN3CCN(c4cccc5ccsc45)CC3)c12. The molecule has 5 heteroatoms. The molecule has 0 saturated carbocycles. The molecule has 0 unspecified atom stereocenters. The van der Waals surface area contributed by atoms with E-state index in [-0.39, 0.29) is 5.82 Å². The molecule has 0 bridgehead atoms. The van der Waals surface area contributed by atoms with Gasteiger partial charge in [-0.25, -0.2) is 4.39 Å². The van der Waals surface area contributed by atoms with Crippen LogP contribution >= 0.6 is 22.7 Å². The third-order valence-corrected chi connectivity index (χ3v) is 7.92. The van der Waals surface area contributed by atoms with Crippen molar-refractivity contribution in [3.8, 4) is 0 Å². The van der Waals surface area contributed by atoms with Gasteiger partial charge in [0.2, 0.25) is 0 Å². The summed E-state index contributed by atoms with van der Waals surface area (Å²) in [5.74, 6) is -0.0735. The summed E-state index contributed by atoms with van der Waals surface area (Å²) in [6, 6.07) is 14.2. The van der Waals surface area contributed by atoms with Gasteiger partial charge in [-0.2, -0.15) is 0 Å². The summed E-state index contributed by atoms with van der Waals surface area (Å²) in [4.78, 5) is 5.12. The van der Waals surface area contributed by atoms with Crippen LogP contribution in [0.15, 0.2) is 53.2 Å². The number of anilines is 1. The standard InChI is InChI=1S/C24H25FN2S2/c25-20-7-4-9-22-23(20)19(17-29-22)5-1-2-11-26-12-14-27(15-13-26)21-8-3-6-18-10-16-28-24(18)21/h3-4,6-10,16-17H,1-2,5,11-15H2. The smallest absolute Gasteiger partial charge is 0.132 e. The number of rotatable bonds is 6. The van der Waals surface area contributed by atoms with Gasteiger partial charge in [0.15, 0.2) is 0 Å². The third kappa shape index (κ3) is 3.91. The Balaban J connectivity index is 1.11. The van der Waals surface area contributed by atoms with Crippen molar-refractivity contribution in [3.05, 3.63) is 64.6 Å². The van der Waals surface area contributed by atoms with Gasteiger partial charge in [0, 0.05) is 36.3 Å². The molecule has 4 aromatic rings. The number of benzene rings is 2. The Bertz CT molecular complexity index is 1110. The first kappa shape index (κ1) is 19.0. The summed E-state index contributed by atoms with van der Waals surface area (Å²) in [5, 5.41) is 6.52. The Hall–Kier alpha value is -1.95.